The van der Waals surface area contributed by atoms with Crippen LogP contribution in [-0.4, -0.2) is 16.0 Å². The van der Waals surface area contributed by atoms with E-state index < -0.39 is 11.6 Å². The highest BCUT2D eigenvalue weighted by Crippen LogP contribution is 2.41. The van der Waals surface area contributed by atoms with E-state index in [1.165, 1.54) is 11.7 Å². The smallest absolute Gasteiger partial charge is 0.384 e. The van der Waals surface area contributed by atoms with E-state index in [4.69, 9.17) is 5.73 Å². The molecular weight excluding hydrogens is 207 g/mol. The molecule has 0 aliphatic rings. The zero-order valence-electron chi connectivity index (χ0n) is 9.11. The molecule has 6 heteroatoms. The minimum Gasteiger partial charge on any atom is -0.384 e. The van der Waals surface area contributed by atoms with Gasteiger partial charge in [-0.25, -0.2) is 0 Å². The summed E-state index contributed by atoms with van der Waals surface area (Å²) in [7, 11) is 1.53. The van der Waals surface area contributed by atoms with Gasteiger partial charge in [0.25, 0.3) is 0 Å². The van der Waals surface area contributed by atoms with Gasteiger partial charge in [-0.2, -0.15) is 18.3 Å². The minimum absolute atomic E-state index is 0.0185. The van der Waals surface area contributed by atoms with Gasteiger partial charge < -0.3 is 5.73 Å². The second-order valence-electron chi connectivity index (χ2n) is 4.11. The predicted octanol–water partition coefficient (Wildman–Crippen LogP) is 2.15. The van der Waals surface area contributed by atoms with Gasteiger partial charge in [0.2, 0.25) is 0 Å². The van der Waals surface area contributed by atoms with E-state index >= 15 is 0 Å². The van der Waals surface area contributed by atoms with Crippen LogP contribution in [0.25, 0.3) is 0 Å². The van der Waals surface area contributed by atoms with Crippen molar-refractivity contribution in [3.05, 3.63) is 11.3 Å². The average molecular weight is 221 g/mol. The highest BCUT2D eigenvalue weighted by molar-refractivity contribution is 5.45. The van der Waals surface area contributed by atoms with E-state index in [1.807, 2.05) is 0 Å². The van der Waals surface area contributed by atoms with Crippen molar-refractivity contribution in [2.75, 3.05) is 5.73 Å². The van der Waals surface area contributed by atoms with E-state index in [-0.39, 0.29) is 11.5 Å². The summed E-state index contributed by atoms with van der Waals surface area (Å²) in [6, 6.07) is 0. The van der Waals surface area contributed by atoms with Gasteiger partial charge >= 0.3 is 6.18 Å². The fourth-order valence-corrected chi connectivity index (χ4v) is 1.37. The molecule has 1 aromatic rings. The fourth-order valence-electron chi connectivity index (χ4n) is 1.37. The van der Waals surface area contributed by atoms with Crippen LogP contribution in [0.15, 0.2) is 0 Å². The highest BCUT2D eigenvalue weighted by Gasteiger charge is 2.51. The number of aryl methyl sites for hydroxylation is 1. The molecule has 2 N–H and O–H groups in total. The van der Waals surface area contributed by atoms with Crippen LogP contribution in [0.1, 0.15) is 25.1 Å². The van der Waals surface area contributed by atoms with Crippen LogP contribution in [0.2, 0.25) is 0 Å². The number of halogens is 3. The van der Waals surface area contributed by atoms with Crippen molar-refractivity contribution < 1.29 is 13.2 Å². The quantitative estimate of drug-likeness (QED) is 0.789. The Labute approximate surface area is 86.1 Å². The summed E-state index contributed by atoms with van der Waals surface area (Å²) in [5, 5.41) is 3.82. The number of hydrogen-bond donors (Lipinski definition) is 1. The summed E-state index contributed by atoms with van der Waals surface area (Å²) in [5.41, 5.74) is 3.97. The molecule has 1 aromatic heterocycles. The molecule has 1 heterocycles. The molecule has 0 amide bonds. The first-order valence-electron chi connectivity index (χ1n) is 4.45. The number of hydrogen-bond acceptors (Lipinski definition) is 2. The van der Waals surface area contributed by atoms with E-state index in [0.29, 0.717) is 5.56 Å². The molecule has 3 nitrogen and oxygen atoms in total. The van der Waals surface area contributed by atoms with Crippen molar-refractivity contribution >= 4 is 5.82 Å². The van der Waals surface area contributed by atoms with Gasteiger partial charge in [-0.1, -0.05) is 0 Å². The Balaban J connectivity index is 3.34. The third kappa shape index (κ3) is 1.68. The Morgan fingerprint density at radius 1 is 1.27 bits per heavy atom. The molecule has 0 fully saturated rings. The van der Waals surface area contributed by atoms with Gasteiger partial charge in [-0.05, 0) is 20.8 Å². The maximum absolute atomic E-state index is 12.8. The zero-order chi connectivity index (χ0) is 12.0. The topological polar surface area (TPSA) is 43.8 Å². The summed E-state index contributed by atoms with van der Waals surface area (Å²) in [6.45, 7) is 3.74. The fraction of sp³-hybridized carbons (Fsp3) is 0.667. The summed E-state index contributed by atoms with van der Waals surface area (Å²) in [6.07, 6.45) is -4.33. The van der Waals surface area contributed by atoms with Crippen molar-refractivity contribution in [2.45, 2.75) is 32.4 Å². The zero-order valence-corrected chi connectivity index (χ0v) is 9.11. The van der Waals surface area contributed by atoms with Crippen molar-refractivity contribution in [1.82, 2.24) is 9.78 Å². The van der Waals surface area contributed by atoms with Gasteiger partial charge in [0.05, 0.1) is 5.69 Å². The van der Waals surface area contributed by atoms with Crippen LogP contribution in [-0.2, 0) is 12.5 Å². The summed E-state index contributed by atoms with van der Waals surface area (Å²) < 4.78 is 39.5. The highest BCUT2D eigenvalue weighted by atomic mass is 19.4. The van der Waals surface area contributed by atoms with Crippen molar-refractivity contribution in [2.24, 2.45) is 7.05 Å². The third-order valence-corrected chi connectivity index (χ3v) is 2.64. The maximum atomic E-state index is 12.8. The van der Waals surface area contributed by atoms with Crippen LogP contribution in [0.5, 0.6) is 0 Å². The van der Waals surface area contributed by atoms with Crippen LogP contribution in [0.4, 0.5) is 19.0 Å². The number of nitrogen functional groups attached to an aromatic ring is 1. The molecule has 15 heavy (non-hydrogen) atoms. The summed E-state index contributed by atoms with van der Waals surface area (Å²) in [5.74, 6) is 0.266. The average Bonchev–Trinajstić information content (AvgIpc) is 2.31. The molecule has 0 atom stereocenters. The normalized spacial score (nSPS) is 13.3. The van der Waals surface area contributed by atoms with Gasteiger partial charge in [0.15, 0.2) is 0 Å². The molecule has 0 spiro atoms. The van der Waals surface area contributed by atoms with Crippen LogP contribution >= 0.6 is 0 Å². The van der Waals surface area contributed by atoms with E-state index in [9.17, 15) is 13.2 Å². The number of anilines is 1. The summed E-state index contributed by atoms with van der Waals surface area (Å²) >= 11 is 0. The standard InChI is InChI=1S/C9H14F3N3/c1-5-6(14-15(4)7(5)13)8(2,3)9(10,11)12/h13H2,1-4H3. The first kappa shape index (κ1) is 11.9. The number of rotatable bonds is 1. The summed E-state index contributed by atoms with van der Waals surface area (Å²) in [4.78, 5) is 0. The largest absolute Gasteiger partial charge is 0.399 e. The van der Waals surface area contributed by atoms with Crippen molar-refractivity contribution in [3.8, 4) is 0 Å². The van der Waals surface area contributed by atoms with Crippen molar-refractivity contribution in [3.63, 3.8) is 0 Å². The Bertz CT molecular complexity index is 377. The predicted molar refractivity (Wildman–Crippen MR) is 51.4 cm³/mol. The number of nitrogens with two attached hydrogens (primary N) is 1. The first-order valence-corrected chi connectivity index (χ1v) is 4.45. The van der Waals surface area contributed by atoms with E-state index in [1.54, 1.807) is 6.92 Å². The van der Waals surface area contributed by atoms with Gasteiger partial charge in [-0.15, -0.1) is 0 Å². The molecular formula is C9H14F3N3. The molecule has 0 aliphatic carbocycles. The van der Waals surface area contributed by atoms with Gasteiger partial charge in [-0.3, -0.25) is 4.68 Å². The Kier molecular flexibility index (Phi) is 2.49. The lowest BCUT2D eigenvalue weighted by Crippen LogP contribution is -2.37. The molecule has 0 saturated carbocycles. The number of alkyl halides is 3. The van der Waals surface area contributed by atoms with Gasteiger partial charge in [0, 0.05) is 12.6 Å². The first-order chi connectivity index (χ1) is 6.59. The third-order valence-electron chi connectivity index (χ3n) is 2.64. The molecule has 0 unspecified atom stereocenters. The van der Waals surface area contributed by atoms with E-state index in [2.05, 4.69) is 5.10 Å². The van der Waals surface area contributed by atoms with Crippen molar-refractivity contribution in [1.29, 1.82) is 0 Å². The Morgan fingerprint density at radius 2 is 1.73 bits per heavy atom. The SMILES string of the molecule is Cc1c(C(C)(C)C(F)(F)F)nn(C)c1N. The molecule has 0 aliphatic heterocycles. The number of nitrogens with zero attached hydrogens (tertiary/aromatic N) is 2. The monoisotopic (exact) mass is 221 g/mol. The Morgan fingerprint density at radius 3 is 2.00 bits per heavy atom. The van der Waals surface area contributed by atoms with Crippen LogP contribution < -0.4 is 5.73 Å². The van der Waals surface area contributed by atoms with E-state index in [0.717, 1.165) is 13.8 Å². The second kappa shape index (κ2) is 3.15. The molecule has 0 radical (unpaired) electrons. The lowest BCUT2D eigenvalue weighted by Gasteiger charge is -2.26. The Hall–Kier alpha value is -1.20. The lowest BCUT2D eigenvalue weighted by atomic mass is 9.86. The van der Waals surface area contributed by atoms with Gasteiger partial charge in [0.1, 0.15) is 11.2 Å². The molecule has 1 rings (SSSR count). The molecule has 0 bridgehead atoms. The lowest BCUT2D eigenvalue weighted by molar-refractivity contribution is -0.181. The minimum atomic E-state index is -4.33. The molecule has 86 valence electrons. The molecule has 0 aromatic carbocycles. The second-order valence-corrected chi connectivity index (χ2v) is 4.11. The van der Waals surface area contributed by atoms with Crippen LogP contribution in [0.3, 0.4) is 0 Å². The maximum Gasteiger partial charge on any atom is 0.399 e. The molecule has 0 saturated heterocycles. The number of aromatic nitrogens is 2. The van der Waals surface area contributed by atoms with Crippen LogP contribution in [0, 0.1) is 6.92 Å².